The van der Waals surface area contributed by atoms with E-state index in [-0.39, 0.29) is 25.2 Å². The van der Waals surface area contributed by atoms with Crippen LogP contribution in [0.25, 0.3) is 0 Å². The Morgan fingerprint density at radius 3 is 2.52 bits per heavy atom. The van der Waals surface area contributed by atoms with Crippen molar-refractivity contribution in [3.63, 3.8) is 0 Å². The van der Waals surface area contributed by atoms with Gasteiger partial charge in [0.15, 0.2) is 11.5 Å². The van der Waals surface area contributed by atoms with Gasteiger partial charge in [0.1, 0.15) is 0 Å². The van der Waals surface area contributed by atoms with Crippen molar-refractivity contribution < 1.29 is 19.1 Å². The number of aryl methyl sites for hydroxylation is 1. The number of hydrogen-bond acceptors (Lipinski definition) is 4. The molecule has 0 spiro atoms. The van der Waals surface area contributed by atoms with Crippen LogP contribution in [0.1, 0.15) is 17.5 Å². The summed E-state index contributed by atoms with van der Waals surface area (Å²) in [6, 6.07) is 15.3. The van der Waals surface area contributed by atoms with E-state index in [4.69, 9.17) is 9.47 Å². The maximum absolute atomic E-state index is 11.8. The third-order valence-corrected chi connectivity index (χ3v) is 3.86. The lowest BCUT2D eigenvalue weighted by atomic mass is 10.1. The van der Waals surface area contributed by atoms with Gasteiger partial charge in [0.05, 0.1) is 6.54 Å². The second-order valence-corrected chi connectivity index (χ2v) is 5.73. The topological polar surface area (TPSA) is 76.7 Å². The fourth-order valence-corrected chi connectivity index (χ4v) is 2.48. The molecule has 0 radical (unpaired) electrons. The Kier molecular flexibility index (Phi) is 5.51. The number of hydrogen-bond donors (Lipinski definition) is 2. The second kappa shape index (κ2) is 8.19. The molecule has 0 aromatic heterocycles. The van der Waals surface area contributed by atoms with Gasteiger partial charge in [-0.25, -0.2) is 0 Å². The first-order chi connectivity index (χ1) is 12.2. The Balaban J connectivity index is 1.35. The Labute approximate surface area is 146 Å². The summed E-state index contributed by atoms with van der Waals surface area (Å²) in [6.45, 7) is 0.563. The predicted octanol–water partition coefficient (Wildman–Crippen LogP) is 1.78. The Morgan fingerprint density at radius 1 is 0.880 bits per heavy atom. The minimum absolute atomic E-state index is 0.0296. The van der Waals surface area contributed by atoms with Crippen molar-refractivity contribution >= 4 is 11.8 Å². The molecule has 1 aliphatic heterocycles. The minimum atomic E-state index is -0.231. The van der Waals surface area contributed by atoms with Crippen LogP contribution >= 0.6 is 0 Å². The highest BCUT2D eigenvalue weighted by atomic mass is 16.7. The Bertz CT molecular complexity index is 746. The Morgan fingerprint density at radius 2 is 1.68 bits per heavy atom. The van der Waals surface area contributed by atoms with Gasteiger partial charge in [-0.2, -0.15) is 0 Å². The highest BCUT2D eigenvalue weighted by Gasteiger charge is 2.13. The van der Waals surface area contributed by atoms with Crippen molar-refractivity contribution in [2.75, 3.05) is 13.3 Å². The monoisotopic (exact) mass is 340 g/mol. The largest absolute Gasteiger partial charge is 0.454 e. The molecular formula is C19H20N2O4. The van der Waals surface area contributed by atoms with Gasteiger partial charge in [-0.05, 0) is 29.7 Å². The van der Waals surface area contributed by atoms with E-state index in [1.165, 1.54) is 0 Å². The Hall–Kier alpha value is -3.02. The molecular weight excluding hydrogens is 320 g/mol. The first-order valence-corrected chi connectivity index (χ1v) is 8.16. The molecule has 25 heavy (non-hydrogen) atoms. The lowest BCUT2D eigenvalue weighted by Gasteiger charge is -2.08. The highest BCUT2D eigenvalue weighted by Crippen LogP contribution is 2.32. The van der Waals surface area contributed by atoms with E-state index in [1.54, 1.807) is 0 Å². The number of carbonyl (C=O) groups is 2. The number of fused-ring (bicyclic) bond motifs is 1. The molecule has 0 unspecified atom stereocenters. The lowest BCUT2D eigenvalue weighted by molar-refractivity contribution is -0.126. The molecule has 0 fully saturated rings. The van der Waals surface area contributed by atoms with Crippen molar-refractivity contribution in [1.82, 2.24) is 10.6 Å². The summed E-state index contributed by atoms with van der Waals surface area (Å²) in [5.41, 5.74) is 2.01. The molecule has 0 saturated carbocycles. The first-order valence-electron chi connectivity index (χ1n) is 8.16. The quantitative estimate of drug-likeness (QED) is 0.805. The van der Waals surface area contributed by atoms with Gasteiger partial charge in [0.2, 0.25) is 18.6 Å². The van der Waals surface area contributed by atoms with Crippen LogP contribution in [-0.4, -0.2) is 25.2 Å². The van der Waals surface area contributed by atoms with Crippen LogP contribution in [0.4, 0.5) is 0 Å². The van der Waals surface area contributed by atoms with Crippen molar-refractivity contribution in [1.29, 1.82) is 0 Å². The van der Waals surface area contributed by atoms with Gasteiger partial charge in [0.25, 0.3) is 0 Å². The average molecular weight is 340 g/mol. The summed E-state index contributed by atoms with van der Waals surface area (Å²) < 4.78 is 10.5. The van der Waals surface area contributed by atoms with Crippen LogP contribution in [0.3, 0.4) is 0 Å². The molecule has 6 nitrogen and oxygen atoms in total. The molecule has 1 aliphatic rings. The molecule has 2 aromatic rings. The highest BCUT2D eigenvalue weighted by molar-refractivity contribution is 5.84. The van der Waals surface area contributed by atoms with E-state index in [0.29, 0.717) is 30.9 Å². The summed E-state index contributed by atoms with van der Waals surface area (Å²) in [5, 5.41) is 5.40. The average Bonchev–Trinajstić information content (AvgIpc) is 3.11. The predicted molar refractivity (Wildman–Crippen MR) is 92.2 cm³/mol. The standard InChI is InChI=1S/C19H20N2O4/c22-18(9-7-14-4-2-1-3-5-14)21-12-19(23)20-11-15-6-8-16-17(10-15)25-13-24-16/h1-6,8,10H,7,9,11-13H2,(H,20,23)(H,21,22). The molecule has 1 heterocycles. The molecule has 2 N–H and O–H groups in total. The van der Waals surface area contributed by atoms with Gasteiger partial charge in [-0.3, -0.25) is 9.59 Å². The minimum Gasteiger partial charge on any atom is -0.454 e. The molecule has 0 saturated heterocycles. The number of nitrogens with one attached hydrogen (secondary N) is 2. The number of ether oxygens (including phenoxy) is 2. The molecule has 6 heteroatoms. The van der Waals surface area contributed by atoms with Crippen LogP contribution in [-0.2, 0) is 22.6 Å². The van der Waals surface area contributed by atoms with E-state index >= 15 is 0 Å². The van der Waals surface area contributed by atoms with Gasteiger partial charge >= 0.3 is 0 Å². The van der Waals surface area contributed by atoms with E-state index in [2.05, 4.69) is 10.6 Å². The number of carbonyl (C=O) groups excluding carboxylic acids is 2. The molecule has 3 rings (SSSR count). The van der Waals surface area contributed by atoms with Gasteiger partial charge in [0, 0.05) is 13.0 Å². The number of amides is 2. The second-order valence-electron chi connectivity index (χ2n) is 5.73. The zero-order valence-corrected chi connectivity index (χ0v) is 13.8. The van der Waals surface area contributed by atoms with Crippen LogP contribution < -0.4 is 20.1 Å². The summed E-state index contributed by atoms with van der Waals surface area (Å²) >= 11 is 0. The fraction of sp³-hybridized carbons (Fsp3) is 0.263. The maximum Gasteiger partial charge on any atom is 0.239 e. The van der Waals surface area contributed by atoms with Crippen molar-refractivity contribution in [3.8, 4) is 11.5 Å². The van der Waals surface area contributed by atoms with Crippen molar-refractivity contribution in [2.24, 2.45) is 0 Å². The van der Waals surface area contributed by atoms with E-state index in [0.717, 1.165) is 11.1 Å². The van der Waals surface area contributed by atoms with E-state index < -0.39 is 0 Å². The van der Waals surface area contributed by atoms with Crippen LogP contribution in [0.15, 0.2) is 48.5 Å². The lowest BCUT2D eigenvalue weighted by Crippen LogP contribution is -2.36. The van der Waals surface area contributed by atoms with Crippen LogP contribution in [0.5, 0.6) is 11.5 Å². The molecule has 2 aromatic carbocycles. The fourth-order valence-electron chi connectivity index (χ4n) is 2.48. The normalized spacial score (nSPS) is 11.8. The summed E-state index contributed by atoms with van der Waals surface area (Å²) in [7, 11) is 0. The molecule has 0 aliphatic carbocycles. The summed E-state index contributed by atoms with van der Waals surface area (Å²) in [6.07, 6.45) is 1.02. The molecule has 0 bridgehead atoms. The summed E-state index contributed by atoms with van der Waals surface area (Å²) in [5.74, 6) is 1.02. The zero-order chi connectivity index (χ0) is 17.5. The third kappa shape index (κ3) is 4.97. The molecule has 0 atom stereocenters. The van der Waals surface area contributed by atoms with Gasteiger partial charge in [-0.1, -0.05) is 36.4 Å². The third-order valence-electron chi connectivity index (χ3n) is 3.86. The molecule has 2 amide bonds. The maximum atomic E-state index is 11.8. The zero-order valence-electron chi connectivity index (χ0n) is 13.8. The van der Waals surface area contributed by atoms with Crippen molar-refractivity contribution in [3.05, 3.63) is 59.7 Å². The smallest absolute Gasteiger partial charge is 0.239 e. The first kappa shape index (κ1) is 16.8. The van der Waals surface area contributed by atoms with Crippen molar-refractivity contribution in [2.45, 2.75) is 19.4 Å². The van der Waals surface area contributed by atoms with Gasteiger partial charge in [-0.15, -0.1) is 0 Å². The van der Waals surface area contributed by atoms with E-state index in [9.17, 15) is 9.59 Å². The molecule has 130 valence electrons. The number of benzene rings is 2. The van der Waals surface area contributed by atoms with Gasteiger partial charge < -0.3 is 20.1 Å². The van der Waals surface area contributed by atoms with Crippen LogP contribution in [0.2, 0.25) is 0 Å². The van der Waals surface area contributed by atoms with E-state index in [1.807, 2.05) is 48.5 Å². The summed E-state index contributed by atoms with van der Waals surface area (Å²) in [4.78, 5) is 23.6. The SMILES string of the molecule is O=C(CCc1ccccc1)NCC(=O)NCc1ccc2c(c1)OCO2. The van der Waals surface area contributed by atoms with Crippen LogP contribution in [0, 0.1) is 0 Å². The number of rotatable bonds is 7.